The zero-order valence-corrected chi connectivity index (χ0v) is 17.5. The van der Waals surface area contributed by atoms with E-state index in [0.717, 1.165) is 10.8 Å². The van der Waals surface area contributed by atoms with Crippen LogP contribution >= 0.6 is 0 Å². The van der Waals surface area contributed by atoms with Crippen LogP contribution in [0.25, 0.3) is 22.0 Å². The molecular weight excluding hydrogens is 525 g/mol. The number of hydrogen-bond acceptors (Lipinski definition) is 4. The molecule has 4 nitrogen and oxygen atoms in total. The van der Waals surface area contributed by atoms with Gasteiger partial charge in [-0.25, -0.2) is 0 Å². The van der Waals surface area contributed by atoms with Crippen LogP contribution in [0.2, 0.25) is 0 Å². The molecule has 1 radical (unpaired) electrons. The second-order valence-electron chi connectivity index (χ2n) is 5.51. The zero-order valence-electron chi connectivity index (χ0n) is 15.1. The molecule has 0 saturated heterocycles. The molecule has 0 unspecified atom stereocenters. The molecule has 1 heterocycles. The van der Waals surface area contributed by atoms with Crippen molar-refractivity contribution in [2.75, 3.05) is 7.11 Å². The Morgan fingerprint density at radius 2 is 1.93 bits per heavy atom. The molecule has 0 aliphatic heterocycles. The summed E-state index contributed by atoms with van der Waals surface area (Å²) >= 11 is 0. The van der Waals surface area contributed by atoms with Gasteiger partial charge in [0.05, 0.1) is 24.4 Å². The molecule has 0 aliphatic rings. The van der Waals surface area contributed by atoms with Crippen LogP contribution in [0.3, 0.4) is 0 Å². The van der Waals surface area contributed by atoms with E-state index in [-0.39, 0.29) is 37.4 Å². The van der Waals surface area contributed by atoms with Crippen LogP contribution in [-0.4, -0.2) is 23.0 Å². The number of fused-ring (bicyclic) bond motifs is 1. The van der Waals surface area contributed by atoms with Gasteiger partial charge in [0.2, 0.25) is 0 Å². The predicted molar refractivity (Wildman–Crippen MR) is 99.6 cm³/mol. The molecule has 0 amide bonds. The summed E-state index contributed by atoms with van der Waals surface area (Å²) in [4.78, 5) is 14.3. The summed E-state index contributed by atoms with van der Waals surface area (Å²) in [5.41, 5.74) is 0.908. The van der Waals surface area contributed by atoms with Gasteiger partial charge >= 0.3 is 0 Å². The maximum Gasteiger partial charge on any atom is 0.155 e. The number of aliphatic hydroxyl groups excluding tert-OH is 1. The Hall–Kier alpha value is -2.56. The fourth-order valence-corrected chi connectivity index (χ4v) is 2.40. The number of ketones is 1. The third-order valence-electron chi connectivity index (χ3n) is 3.44. The Morgan fingerprint density at radius 1 is 1.22 bits per heavy atom. The van der Waals surface area contributed by atoms with E-state index in [1.807, 2.05) is 30.3 Å². The van der Waals surface area contributed by atoms with E-state index in [1.54, 1.807) is 18.3 Å². The number of carbonyl (C=O) groups excluding carboxylic acids is 1. The minimum atomic E-state index is -0.436. The summed E-state index contributed by atoms with van der Waals surface area (Å²) in [5, 5.41) is 10.3. The molecule has 3 rings (SSSR count). The minimum Gasteiger partial charge on any atom is -0.513 e. The normalized spacial score (nSPS) is 10.4. The average Bonchev–Trinajstić information content (AvgIpc) is 2.61. The molecule has 0 atom stereocenters. The van der Waals surface area contributed by atoms with Gasteiger partial charge in [0, 0.05) is 32.4 Å². The Balaban J connectivity index is 0.000000395. The molecule has 3 aromatic rings. The first-order valence-corrected chi connectivity index (χ1v) is 7.90. The van der Waals surface area contributed by atoms with Crippen molar-refractivity contribution in [1.29, 1.82) is 0 Å². The Morgan fingerprint density at radius 3 is 2.52 bits per heavy atom. The summed E-state index contributed by atoms with van der Waals surface area (Å²) in [7, 11) is 1.44. The van der Waals surface area contributed by atoms with Gasteiger partial charge in [0.1, 0.15) is 0 Å². The number of nitrogens with zero attached hydrogens (tertiary/aromatic N) is 1. The van der Waals surface area contributed by atoms with Crippen LogP contribution in [0.1, 0.15) is 13.8 Å². The number of allylic oxidation sites excluding steroid dienone is 2. The van der Waals surface area contributed by atoms with Crippen LogP contribution in [0.4, 0.5) is 4.39 Å². The van der Waals surface area contributed by atoms with Gasteiger partial charge < -0.3 is 14.8 Å². The third kappa shape index (κ3) is 5.98. The van der Waals surface area contributed by atoms with Crippen LogP contribution in [0.15, 0.2) is 60.5 Å². The average molecular weight is 545 g/mol. The second-order valence-corrected chi connectivity index (χ2v) is 5.51. The van der Waals surface area contributed by atoms with Gasteiger partial charge in [0.15, 0.2) is 5.78 Å². The Kier molecular flexibility index (Phi) is 8.79. The van der Waals surface area contributed by atoms with Crippen LogP contribution in [0, 0.1) is 11.9 Å². The number of aliphatic hydroxyl groups is 1. The summed E-state index contributed by atoms with van der Waals surface area (Å²) in [6, 6.07) is 15.7. The molecule has 27 heavy (non-hydrogen) atoms. The number of carbonyl (C=O) groups is 1. The molecule has 6 heteroatoms. The molecule has 0 aliphatic carbocycles. The van der Waals surface area contributed by atoms with Gasteiger partial charge in [-0.3, -0.25) is 9.18 Å². The zero-order chi connectivity index (χ0) is 19.1. The van der Waals surface area contributed by atoms with Crippen molar-refractivity contribution in [1.82, 2.24) is 4.98 Å². The summed E-state index contributed by atoms with van der Waals surface area (Å²) in [5.74, 6) is -0.301. The van der Waals surface area contributed by atoms with Crippen LogP contribution < -0.4 is 4.74 Å². The summed E-state index contributed by atoms with van der Waals surface area (Å²) in [6.45, 7) is 2.85. The van der Waals surface area contributed by atoms with E-state index in [9.17, 15) is 9.18 Å². The quantitative estimate of drug-likeness (QED) is 0.290. The van der Waals surface area contributed by atoms with E-state index < -0.39 is 5.82 Å². The fraction of sp³-hybridized carbons (Fsp3) is 0.143. The van der Waals surface area contributed by atoms with Crippen molar-refractivity contribution in [3.05, 3.63) is 72.4 Å². The van der Waals surface area contributed by atoms with Crippen molar-refractivity contribution in [2.24, 2.45) is 0 Å². The van der Waals surface area contributed by atoms with Gasteiger partial charge in [-0.1, -0.05) is 35.9 Å². The maximum atomic E-state index is 14.3. The maximum absolute atomic E-state index is 14.3. The number of methoxy groups -OCH3 is 1. The van der Waals surface area contributed by atoms with Gasteiger partial charge in [-0.05, 0) is 36.4 Å². The van der Waals surface area contributed by atoms with E-state index in [0.29, 0.717) is 11.3 Å². The number of rotatable bonds is 3. The summed E-state index contributed by atoms with van der Waals surface area (Å²) in [6.07, 6.45) is 2.84. The van der Waals surface area contributed by atoms with E-state index in [4.69, 9.17) is 9.84 Å². The topological polar surface area (TPSA) is 59.4 Å². The number of halogens is 1. The predicted octanol–water partition coefficient (Wildman–Crippen LogP) is 4.88. The SMILES string of the molecule is CC(=O)/C=C(/C)O.COc1cc[c-]c(-c2nccc3ccccc23)c1F.[Ir]. The smallest absolute Gasteiger partial charge is 0.155 e. The van der Waals surface area contributed by atoms with Crippen molar-refractivity contribution in [3.8, 4) is 17.0 Å². The van der Waals surface area contributed by atoms with Gasteiger partial charge in [-0.15, -0.1) is 12.1 Å². The largest absolute Gasteiger partial charge is 0.513 e. The van der Waals surface area contributed by atoms with Crippen molar-refractivity contribution >= 4 is 16.6 Å². The first kappa shape index (κ1) is 22.5. The van der Waals surface area contributed by atoms with Crippen molar-refractivity contribution in [2.45, 2.75) is 13.8 Å². The van der Waals surface area contributed by atoms with E-state index in [1.165, 1.54) is 27.0 Å². The molecule has 0 spiro atoms. The molecule has 1 N–H and O–H groups in total. The molecule has 2 aromatic carbocycles. The first-order valence-electron chi connectivity index (χ1n) is 7.90. The molecular formula is C21H19FIrNO3-. The minimum absolute atomic E-state index is 0. The van der Waals surface area contributed by atoms with Gasteiger partial charge in [0.25, 0.3) is 0 Å². The monoisotopic (exact) mass is 545 g/mol. The molecule has 0 saturated carbocycles. The third-order valence-corrected chi connectivity index (χ3v) is 3.44. The molecule has 143 valence electrons. The Labute approximate surface area is 171 Å². The van der Waals surface area contributed by atoms with E-state index >= 15 is 0 Å². The fourth-order valence-electron chi connectivity index (χ4n) is 2.40. The standard InChI is InChI=1S/C16H11FNO.C5H8O2.Ir/c1-19-14-8-4-7-13(15(14)17)16-12-6-3-2-5-11(12)9-10-18-16;1-4(6)3-5(2)7;/h2-6,8-10H,1H3;3,6H,1-2H3;/q-1;;/b;4-3-;. The van der Waals surface area contributed by atoms with E-state index in [2.05, 4.69) is 11.1 Å². The second kappa shape index (κ2) is 10.6. The first-order chi connectivity index (χ1) is 12.4. The summed E-state index contributed by atoms with van der Waals surface area (Å²) < 4.78 is 19.3. The Bertz CT molecular complexity index is 948. The van der Waals surface area contributed by atoms with Crippen LogP contribution in [-0.2, 0) is 24.9 Å². The number of benzene rings is 2. The number of ether oxygens (including phenoxy) is 1. The number of pyridine rings is 1. The number of hydrogen-bond donors (Lipinski definition) is 1. The van der Waals surface area contributed by atoms with Gasteiger partial charge in [-0.2, -0.15) is 0 Å². The van der Waals surface area contributed by atoms with Crippen molar-refractivity contribution in [3.63, 3.8) is 0 Å². The number of aromatic nitrogens is 1. The van der Waals surface area contributed by atoms with Crippen LogP contribution in [0.5, 0.6) is 5.75 Å². The molecule has 0 bridgehead atoms. The van der Waals surface area contributed by atoms with Crippen molar-refractivity contribution < 1.29 is 39.1 Å². The molecule has 1 aromatic heterocycles. The molecule has 0 fully saturated rings.